The summed E-state index contributed by atoms with van der Waals surface area (Å²) < 4.78 is 24.9. The van der Waals surface area contributed by atoms with Crippen molar-refractivity contribution in [2.45, 2.75) is 39.3 Å². The fourth-order valence-corrected chi connectivity index (χ4v) is 4.86. The van der Waals surface area contributed by atoms with Gasteiger partial charge in [0, 0.05) is 6.04 Å². The molecule has 2 atom stereocenters. The molecule has 2 N–H and O–H groups in total. The molecule has 3 rings (SSSR count). The van der Waals surface area contributed by atoms with Crippen molar-refractivity contribution >= 4 is 21.4 Å². The van der Waals surface area contributed by atoms with Crippen LogP contribution in [0.2, 0.25) is 0 Å². The molecule has 26 heavy (non-hydrogen) atoms. The first kappa shape index (κ1) is 18.4. The number of carbonyl (C=O) groups excluding carboxylic acids is 1. The number of para-hydroxylation sites is 1. The van der Waals surface area contributed by atoms with Crippen molar-refractivity contribution in [3.8, 4) is 5.69 Å². The molecule has 1 aliphatic heterocycles. The standard InChI is InChI=1S/C18H24N4O3S/c1-12-17(14(3)22(21-12)16-7-5-4-6-8-16)19-13(2)18(23)20-15-9-10-26(24,25)11-15/h4-8,13,15,19H,9-11H2,1-3H3,(H,20,23)/t13-,15+/m0/s1. The second-order valence-corrected chi connectivity index (χ2v) is 9.00. The van der Waals surface area contributed by atoms with E-state index in [1.807, 2.05) is 48.9 Å². The number of rotatable bonds is 5. The van der Waals surface area contributed by atoms with Crippen LogP contribution in [0, 0.1) is 13.8 Å². The first-order chi connectivity index (χ1) is 12.3. The van der Waals surface area contributed by atoms with Crippen molar-refractivity contribution in [3.05, 3.63) is 41.7 Å². The van der Waals surface area contributed by atoms with Gasteiger partial charge in [-0.15, -0.1) is 0 Å². The molecule has 0 aliphatic carbocycles. The Morgan fingerprint density at radius 2 is 1.96 bits per heavy atom. The van der Waals surface area contributed by atoms with Crippen LogP contribution >= 0.6 is 0 Å². The highest BCUT2D eigenvalue weighted by Gasteiger charge is 2.30. The molecule has 140 valence electrons. The zero-order valence-corrected chi connectivity index (χ0v) is 16.0. The number of benzene rings is 1. The third-order valence-electron chi connectivity index (χ3n) is 4.63. The minimum atomic E-state index is -3.01. The Morgan fingerprint density at radius 1 is 1.27 bits per heavy atom. The van der Waals surface area contributed by atoms with Gasteiger partial charge in [0.15, 0.2) is 9.84 Å². The summed E-state index contributed by atoms with van der Waals surface area (Å²) in [4.78, 5) is 12.4. The summed E-state index contributed by atoms with van der Waals surface area (Å²) in [6.45, 7) is 5.60. The van der Waals surface area contributed by atoms with E-state index in [9.17, 15) is 13.2 Å². The van der Waals surface area contributed by atoms with Crippen molar-refractivity contribution in [1.29, 1.82) is 0 Å². The van der Waals surface area contributed by atoms with Crippen LogP contribution in [0.4, 0.5) is 5.69 Å². The number of aryl methyl sites for hydroxylation is 1. The molecule has 1 saturated heterocycles. The van der Waals surface area contributed by atoms with E-state index in [1.54, 1.807) is 6.92 Å². The minimum Gasteiger partial charge on any atom is -0.371 e. The van der Waals surface area contributed by atoms with Crippen LogP contribution in [0.15, 0.2) is 30.3 Å². The molecule has 7 nitrogen and oxygen atoms in total. The van der Waals surface area contributed by atoms with Gasteiger partial charge in [0.05, 0.1) is 34.3 Å². The van der Waals surface area contributed by atoms with Crippen molar-refractivity contribution in [3.63, 3.8) is 0 Å². The average molecular weight is 376 g/mol. The van der Waals surface area contributed by atoms with E-state index in [0.717, 1.165) is 22.8 Å². The second-order valence-electron chi connectivity index (χ2n) is 6.77. The molecule has 1 aliphatic rings. The van der Waals surface area contributed by atoms with Gasteiger partial charge < -0.3 is 10.6 Å². The first-order valence-corrected chi connectivity index (χ1v) is 10.5. The van der Waals surface area contributed by atoms with Crippen LogP contribution in [0.1, 0.15) is 24.7 Å². The molecular weight excluding hydrogens is 352 g/mol. The third kappa shape index (κ3) is 3.90. The smallest absolute Gasteiger partial charge is 0.242 e. The summed E-state index contributed by atoms with van der Waals surface area (Å²) in [5.41, 5.74) is 3.48. The number of sulfone groups is 1. The van der Waals surface area contributed by atoms with E-state index in [2.05, 4.69) is 15.7 Å². The van der Waals surface area contributed by atoms with Crippen LogP contribution in [0.3, 0.4) is 0 Å². The van der Waals surface area contributed by atoms with Crippen molar-refractivity contribution in [2.24, 2.45) is 0 Å². The van der Waals surface area contributed by atoms with E-state index < -0.39 is 15.9 Å². The van der Waals surface area contributed by atoms with Gasteiger partial charge in [-0.05, 0) is 39.3 Å². The maximum atomic E-state index is 12.4. The average Bonchev–Trinajstić information content (AvgIpc) is 3.08. The van der Waals surface area contributed by atoms with Crippen LogP contribution in [-0.2, 0) is 14.6 Å². The van der Waals surface area contributed by atoms with E-state index in [4.69, 9.17) is 0 Å². The van der Waals surface area contributed by atoms with E-state index >= 15 is 0 Å². The van der Waals surface area contributed by atoms with Gasteiger partial charge >= 0.3 is 0 Å². The molecule has 1 amide bonds. The maximum Gasteiger partial charge on any atom is 0.242 e. The molecular formula is C18H24N4O3S. The molecule has 0 saturated carbocycles. The number of anilines is 1. The number of amides is 1. The summed E-state index contributed by atoms with van der Waals surface area (Å²) in [5.74, 6) is -0.0459. The number of hydrogen-bond donors (Lipinski definition) is 2. The Labute approximate surface area is 153 Å². The number of nitrogens with one attached hydrogen (secondary N) is 2. The zero-order valence-electron chi connectivity index (χ0n) is 15.2. The SMILES string of the molecule is Cc1nn(-c2ccccc2)c(C)c1N[C@@H](C)C(=O)N[C@@H]1CCS(=O)(=O)C1. The quantitative estimate of drug-likeness (QED) is 0.827. The van der Waals surface area contributed by atoms with Crippen LogP contribution in [-0.4, -0.2) is 47.7 Å². The van der Waals surface area contributed by atoms with Gasteiger partial charge in [-0.25, -0.2) is 13.1 Å². The van der Waals surface area contributed by atoms with Crippen molar-refractivity contribution < 1.29 is 13.2 Å². The minimum absolute atomic E-state index is 0.0233. The molecule has 1 aromatic carbocycles. The Hall–Kier alpha value is -2.35. The number of nitrogens with zero attached hydrogens (tertiary/aromatic N) is 2. The highest BCUT2D eigenvalue weighted by molar-refractivity contribution is 7.91. The number of carbonyl (C=O) groups is 1. The lowest BCUT2D eigenvalue weighted by atomic mass is 10.2. The molecule has 0 unspecified atom stereocenters. The summed E-state index contributed by atoms with van der Waals surface area (Å²) in [7, 11) is -3.01. The summed E-state index contributed by atoms with van der Waals surface area (Å²) in [6.07, 6.45) is 0.477. The van der Waals surface area contributed by atoms with Gasteiger partial charge in [-0.2, -0.15) is 5.10 Å². The highest BCUT2D eigenvalue weighted by atomic mass is 32.2. The van der Waals surface area contributed by atoms with Crippen molar-refractivity contribution in [2.75, 3.05) is 16.8 Å². The maximum absolute atomic E-state index is 12.4. The Balaban J connectivity index is 1.70. The Morgan fingerprint density at radius 3 is 2.58 bits per heavy atom. The van der Waals surface area contributed by atoms with Gasteiger partial charge in [0.1, 0.15) is 6.04 Å². The molecule has 2 aromatic rings. The Bertz CT molecular complexity index is 906. The fraction of sp³-hybridized carbons (Fsp3) is 0.444. The van der Waals surface area contributed by atoms with E-state index in [-0.39, 0.29) is 23.5 Å². The van der Waals surface area contributed by atoms with Crippen LogP contribution in [0.25, 0.3) is 5.69 Å². The molecule has 2 heterocycles. The largest absolute Gasteiger partial charge is 0.371 e. The molecule has 0 spiro atoms. The molecule has 8 heteroatoms. The van der Waals surface area contributed by atoms with Gasteiger partial charge in [0.25, 0.3) is 0 Å². The molecule has 0 bridgehead atoms. The second kappa shape index (κ2) is 7.11. The third-order valence-corrected chi connectivity index (χ3v) is 6.39. The fourth-order valence-electron chi connectivity index (χ4n) is 3.19. The van der Waals surface area contributed by atoms with Crippen LogP contribution < -0.4 is 10.6 Å². The lowest BCUT2D eigenvalue weighted by Gasteiger charge is -2.18. The molecule has 1 fully saturated rings. The lowest BCUT2D eigenvalue weighted by molar-refractivity contribution is -0.122. The number of aromatic nitrogens is 2. The molecule has 0 radical (unpaired) electrons. The predicted molar refractivity (Wildman–Crippen MR) is 101 cm³/mol. The topological polar surface area (TPSA) is 93.1 Å². The van der Waals surface area contributed by atoms with Gasteiger partial charge in [-0.3, -0.25) is 4.79 Å². The Kier molecular flexibility index (Phi) is 5.04. The van der Waals surface area contributed by atoms with Crippen LogP contribution in [0.5, 0.6) is 0 Å². The normalized spacial score (nSPS) is 19.9. The van der Waals surface area contributed by atoms with Crippen molar-refractivity contribution in [1.82, 2.24) is 15.1 Å². The van der Waals surface area contributed by atoms with Gasteiger partial charge in [0.2, 0.25) is 5.91 Å². The number of hydrogen-bond acceptors (Lipinski definition) is 5. The zero-order chi connectivity index (χ0) is 18.9. The summed E-state index contributed by atoms with van der Waals surface area (Å²) in [6, 6.07) is 8.99. The summed E-state index contributed by atoms with van der Waals surface area (Å²) in [5, 5.41) is 10.6. The first-order valence-electron chi connectivity index (χ1n) is 8.66. The van der Waals surface area contributed by atoms with E-state index in [0.29, 0.717) is 6.42 Å². The lowest BCUT2D eigenvalue weighted by Crippen LogP contribution is -2.43. The van der Waals surface area contributed by atoms with Gasteiger partial charge in [-0.1, -0.05) is 18.2 Å². The monoisotopic (exact) mass is 376 g/mol. The highest BCUT2D eigenvalue weighted by Crippen LogP contribution is 2.23. The summed E-state index contributed by atoms with van der Waals surface area (Å²) >= 11 is 0. The molecule has 1 aromatic heterocycles. The van der Waals surface area contributed by atoms with E-state index in [1.165, 1.54) is 0 Å². The predicted octanol–water partition coefficient (Wildman–Crippen LogP) is 1.59.